The van der Waals surface area contributed by atoms with E-state index in [1.165, 1.54) is 0 Å². The molecule has 3 heterocycles. The lowest BCUT2D eigenvalue weighted by atomic mass is 9.87. The number of thioether (sulfide) groups is 1. The van der Waals surface area contributed by atoms with Gasteiger partial charge in [-0.2, -0.15) is 0 Å². The highest BCUT2D eigenvalue weighted by Gasteiger charge is 2.32. The fraction of sp³-hybridized carbons (Fsp3) is 0.120. The Balaban J connectivity index is 1.38. The van der Waals surface area contributed by atoms with E-state index in [9.17, 15) is 4.79 Å². The van der Waals surface area contributed by atoms with E-state index in [2.05, 4.69) is 16.1 Å². The summed E-state index contributed by atoms with van der Waals surface area (Å²) in [5.41, 5.74) is 4.30. The average molecular weight is 426 g/mol. The number of benzene rings is 3. The number of nitrogens with one attached hydrogen (secondary N) is 1. The molecule has 0 fully saturated rings. The van der Waals surface area contributed by atoms with Gasteiger partial charge in [-0.25, -0.2) is 4.98 Å². The van der Waals surface area contributed by atoms with Crippen molar-refractivity contribution in [1.82, 2.24) is 9.55 Å². The van der Waals surface area contributed by atoms with Crippen molar-refractivity contribution in [2.75, 3.05) is 11.1 Å². The van der Waals surface area contributed by atoms with Crippen LogP contribution in [0.25, 0.3) is 11.3 Å². The average Bonchev–Trinajstić information content (AvgIpc) is 3.40. The summed E-state index contributed by atoms with van der Waals surface area (Å²) in [4.78, 5) is 18.4. The van der Waals surface area contributed by atoms with Gasteiger partial charge in [-0.05, 0) is 18.2 Å². The minimum absolute atomic E-state index is 0.0863. The first-order chi connectivity index (χ1) is 15.3. The number of hydrogen-bond donors (Lipinski definition) is 1. The molecule has 152 valence electrons. The van der Waals surface area contributed by atoms with Gasteiger partial charge in [0.25, 0.3) is 0 Å². The number of imidazole rings is 1. The highest BCUT2D eigenvalue weighted by molar-refractivity contribution is 7.99. The quantitative estimate of drug-likeness (QED) is 0.469. The third-order valence-electron chi connectivity index (χ3n) is 5.71. The first-order valence-corrected chi connectivity index (χ1v) is 11.2. The molecule has 6 rings (SSSR count). The second-order valence-electron chi connectivity index (χ2n) is 7.60. The lowest BCUT2D eigenvalue weighted by Gasteiger charge is -2.27. The van der Waals surface area contributed by atoms with Crippen LogP contribution in [-0.4, -0.2) is 21.2 Å². The van der Waals surface area contributed by atoms with E-state index < -0.39 is 5.92 Å². The first-order valence-electron chi connectivity index (χ1n) is 10.2. The van der Waals surface area contributed by atoms with Crippen molar-refractivity contribution in [1.29, 1.82) is 0 Å². The smallest absolute Gasteiger partial charge is 0.236 e. The van der Waals surface area contributed by atoms with Crippen LogP contribution in [0.3, 0.4) is 0 Å². The highest BCUT2D eigenvalue weighted by Crippen LogP contribution is 2.44. The normalized spacial score (nSPS) is 14.3. The molecule has 31 heavy (non-hydrogen) atoms. The SMILES string of the molecule is O=C(Nc1ccccc1-c1cn2c(n1)SCC2)C1c2ccccc2Oc2ccccc21. The van der Waals surface area contributed by atoms with Gasteiger partial charge in [0.2, 0.25) is 5.91 Å². The zero-order valence-electron chi connectivity index (χ0n) is 16.6. The predicted octanol–water partition coefficient (Wildman–Crippen LogP) is 5.53. The van der Waals surface area contributed by atoms with Crippen molar-refractivity contribution in [3.05, 3.63) is 90.1 Å². The maximum absolute atomic E-state index is 13.6. The van der Waals surface area contributed by atoms with Crippen molar-refractivity contribution in [3.8, 4) is 22.8 Å². The molecule has 0 aliphatic carbocycles. The number of para-hydroxylation sites is 3. The van der Waals surface area contributed by atoms with Crippen LogP contribution in [-0.2, 0) is 11.3 Å². The molecule has 3 aromatic carbocycles. The molecular weight excluding hydrogens is 406 g/mol. The molecule has 4 aromatic rings. The summed E-state index contributed by atoms with van der Waals surface area (Å²) in [6.45, 7) is 0.969. The van der Waals surface area contributed by atoms with Gasteiger partial charge in [0.1, 0.15) is 11.5 Å². The minimum Gasteiger partial charge on any atom is -0.457 e. The van der Waals surface area contributed by atoms with Gasteiger partial charge in [-0.1, -0.05) is 66.4 Å². The van der Waals surface area contributed by atoms with Crippen LogP contribution in [0.1, 0.15) is 17.0 Å². The molecule has 2 aliphatic rings. The Morgan fingerprint density at radius 3 is 2.39 bits per heavy atom. The van der Waals surface area contributed by atoms with E-state index in [-0.39, 0.29) is 5.91 Å². The van der Waals surface area contributed by atoms with Gasteiger partial charge in [0, 0.05) is 35.2 Å². The topological polar surface area (TPSA) is 56.2 Å². The van der Waals surface area contributed by atoms with Gasteiger partial charge in [0.05, 0.1) is 17.3 Å². The number of ether oxygens (including phenoxy) is 1. The molecule has 6 heteroatoms. The molecule has 0 radical (unpaired) electrons. The molecular formula is C25H19N3O2S. The number of aromatic nitrogens is 2. The number of nitrogens with zero attached hydrogens (tertiary/aromatic N) is 2. The molecule has 0 unspecified atom stereocenters. The molecule has 0 bridgehead atoms. The lowest BCUT2D eigenvalue weighted by Crippen LogP contribution is -2.25. The van der Waals surface area contributed by atoms with Crippen molar-refractivity contribution in [2.24, 2.45) is 0 Å². The maximum Gasteiger partial charge on any atom is 0.236 e. The van der Waals surface area contributed by atoms with E-state index in [4.69, 9.17) is 9.72 Å². The Labute approximate surface area is 184 Å². The Hall–Kier alpha value is -3.51. The summed E-state index contributed by atoms with van der Waals surface area (Å²) in [5, 5.41) is 4.21. The molecule has 0 saturated heterocycles. The summed E-state index contributed by atoms with van der Waals surface area (Å²) in [5.74, 6) is 1.96. The summed E-state index contributed by atoms with van der Waals surface area (Å²) < 4.78 is 8.21. The summed E-state index contributed by atoms with van der Waals surface area (Å²) in [7, 11) is 0. The Morgan fingerprint density at radius 1 is 0.968 bits per heavy atom. The third kappa shape index (κ3) is 3.11. The Morgan fingerprint density at radius 2 is 1.65 bits per heavy atom. The largest absolute Gasteiger partial charge is 0.457 e. The molecule has 0 saturated carbocycles. The van der Waals surface area contributed by atoms with Crippen LogP contribution in [0.15, 0.2) is 84.1 Å². The standard InChI is InChI=1S/C25H19N3O2S/c29-24(23-17-8-2-5-11-21(17)30-22-12-6-3-9-18(22)23)26-19-10-4-1-7-16(19)20-15-28-13-14-31-25(28)27-20/h1-12,15,23H,13-14H2,(H,26,29). The predicted molar refractivity (Wildman–Crippen MR) is 122 cm³/mol. The Kier molecular flexibility index (Phi) is 4.32. The first kappa shape index (κ1) is 18.3. The van der Waals surface area contributed by atoms with E-state index in [1.807, 2.05) is 72.8 Å². The van der Waals surface area contributed by atoms with Gasteiger partial charge in [0.15, 0.2) is 5.16 Å². The summed E-state index contributed by atoms with van der Waals surface area (Å²) in [6.07, 6.45) is 2.07. The van der Waals surface area contributed by atoms with Gasteiger partial charge in [-0.15, -0.1) is 0 Å². The van der Waals surface area contributed by atoms with Gasteiger partial charge in [-0.3, -0.25) is 4.79 Å². The van der Waals surface area contributed by atoms with Crippen molar-refractivity contribution < 1.29 is 9.53 Å². The van der Waals surface area contributed by atoms with Crippen molar-refractivity contribution in [2.45, 2.75) is 17.6 Å². The molecule has 2 aliphatic heterocycles. The lowest BCUT2D eigenvalue weighted by molar-refractivity contribution is -0.116. The second-order valence-corrected chi connectivity index (χ2v) is 8.66. The molecule has 1 aromatic heterocycles. The molecule has 5 nitrogen and oxygen atoms in total. The van der Waals surface area contributed by atoms with E-state index in [0.29, 0.717) is 0 Å². The Bertz CT molecular complexity index is 1250. The van der Waals surface area contributed by atoms with Crippen LogP contribution in [0.2, 0.25) is 0 Å². The monoisotopic (exact) mass is 425 g/mol. The number of aryl methyl sites for hydroxylation is 1. The van der Waals surface area contributed by atoms with E-state index >= 15 is 0 Å². The number of fused-ring (bicyclic) bond motifs is 3. The number of rotatable bonds is 3. The van der Waals surface area contributed by atoms with Gasteiger partial charge >= 0.3 is 0 Å². The van der Waals surface area contributed by atoms with E-state index in [1.54, 1.807) is 11.8 Å². The summed E-state index contributed by atoms with van der Waals surface area (Å²) in [6, 6.07) is 23.3. The number of carbonyl (C=O) groups is 1. The molecule has 1 amide bonds. The second kappa shape index (κ2) is 7.32. The summed E-state index contributed by atoms with van der Waals surface area (Å²) >= 11 is 1.76. The van der Waals surface area contributed by atoms with Crippen molar-refractivity contribution in [3.63, 3.8) is 0 Å². The molecule has 1 N–H and O–H groups in total. The van der Waals surface area contributed by atoms with Crippen LogP contribution in [0.5, 0.6) is 11.5 Å². The maximum atomic E-state index is 13.6. The number of carbonyl (C=O) groups excluding carboxylic acids is 1. The zero-order valence-corrected chi connectivity index (χ0v) is 17.4. The van der Waals surface area contributed by atoms with Crippen LogP contribution in [0, 0.1) is 0 Å². The highest BCUT2D eigenvalue weighted by atomic mass is 32.2. The van der Waals surface area contributed by atoms with Crippen molar-refractivity contribution >= 4 is 23.4 Å². The van der Waals surface area contributed by atoms with Crippen LogP contribution >= 0.6 is 11.8 Å². The fourth-order valence-corrected chi connectivity index (χ4v) is 5.20. The van der Waals surface area contributed by atoms with Crippen LogP contribution in [0.4, 0.5) is 5.69 Å². The molecule has 0 spiro atoms. The number of amides is 1. The zero-order chi connectivity index (χ0) is 20.8. The van der Waals surface area contributed by atoms with E-state index in [0.717, 1.165) is 57.0 Å². The molecule has 0 atom stereocenters. The third-order valence-corrected chi connectivity index (χ3v) is 6.68. The number of hydrogen-bond acceptors (Lipinski definition) is 4. The fourth-order valence-electron chi connectivity index (χ4n) is 4.25. The van der Waals surface area contributed by atoms with Gasteiger partial charge < -0.3 is 14.6 Å². The number of anilines is 1. The van der Waals surface area contributed by atoms with Crippen LogP contribution < -0.4 is 10.1 Å². The minimum atomic E-state index is -0.447.